The Kier molecular flexibility index (Phi) is 26.0. The van der Waals surface area contributed by atoms with E-state index in [1.165, 1.54) is 74.5 Å². The summed E-state index contributed by atoms with van der Waals surface area (Å²) in [4.78, 5) is 64.9. The van der Waals surface area contributed by atoms with Gasteiger partial charge in [0, 0.05) is 63.9 Å². The number of likely N-dealkylation sites (tertiary alicyclic amines) is 2. The number of nitrogens with zero attached hydrogens (tertiary/aromatic N) is 6. The van der Waals surface area contributed by atoms with Crippen LogP contribution in [0, 0.1) is 11.8 Å². The first-order valence-electron chi connectivity index (χ1n) is 31.9. The molecule has 4 aromatic rings. The maximum absolute atomic E-state index is 14.6. The lowest BCUT2D eigenvalue weighted by Gasteiger charge is -2.37. The Balaban J connectivity index is 1.01. The Morgan fingerprint density at radius 3 is 1.26 bits per heavy atom. The van der Waals surface area contributed by atoms with Crippen molar-refractivity contribution < 1.29 is 64.4 Å². The molecule has 4 heterocycles. The molecule has 24 heteroatoms. The minimum Gasteiger partial charge on any atom is -0.493 e. The average Bonchev–Trinajstić information content (AvgIpc) is 0.755. The fourth-order valence-corrected chi connectivity index (χ4v) is 17.1. The maximum Gasteiger partial charge on any atom is 0.423 e. The predicted molar refractivity (Wildman–Crippen MR) is 350 cm³/mol. The van der Waals surface area contributed by atoms with Crippen molar-refractivity contribution in [2.75, 3.05) is 118 Å². The molecule has 0 atom stereocenters. The maximum atomic E-state index is 14.6. The molecule has 90 heavy (non-hydrogen) atoms. The number of hydrogen-bond acceptors (Lipinski definition) is 20. The van der Waals surface area contributed by atoms with Gasteiger partial charge in [-0.1, -0.05) is 88.0 Å². The molecule has 0 spiro atoms. The molecule has 0 aromatic heterocycles. The molecule has 4 aliphatic rings. The van der Waals surface area contributed by atoms with Crippen LogP contribution in [0.5, 0.6) is 23.0 Å². The van der Waals surface area contributed by atoms with Crippen LogP contribution in [0.25, 0.3) is 0 Å². The van der Waals surface area contributed by atoms with Crippen LogP contribution >= 0.6 is 23.5 Å². The Bertz CT molecular complexity index is 3130. The number of ether oxygens (including phenoxy) is 6. The Morgan fingerprint density at radius 1 is 0.511 bits per heavy atom. The second-order valence-corrected chi connectivity index (χ2v) is 30.2. The van der Waals surface area contributed by atoms with Crippen LogP contribution in [0.1, 0.15) is 129 Å². The number of methoxy groups -OCH3 is 2. The highest BCUT2D eigenvalue weighted by Gasteiger charge is 2.39. The third kappa shape index (κ3) is 17.5. The molecule has 0 aliphatic carbocycles. The largest absolute Gasteiger partial charge is 0.493 e. The number of sulfonamides is 2. The van der Waals surface area contributed by atoms with Gasteiger partial charge in [-0.05, 0) is 164 Å². The van der Waals surface area contributed by atoms with Gasteiger partial charge in [0.15, 0.2) is 23.0 Å². The molecule has 494 valence electrons. The summed E-state index contributed by atoms with van der Waals surface area (Å²) in [5.74, 6) is -1.96. The first-order valence-corrected chi connectivity index (χ1v) is 36.5. The number of piperidine rings is 2. The molecule has 0 amide bonds. The Morgan fingerprint density at radius 2 is 0.900 bits per heavy atom. The minimum absolute atomic E-state index is 0.0677. The predicted octanol–water partition coefficient (Wildman–Crippen LogP) is 11.9. The molecule has 0 saturated carbocycles. The van der Waals surface area contributed by atoms with Crippen molar-refractivity contribution in [2.24, 2.45) is 11.8 Å². The van der Waals surface area contributed by atoms with Gasteiger partial charge < -0.3 is 48.0 Å². The van der Waals surface area contributed by atoms with E-state index in [1.54, 1.807) is 48.5 Å². The lowest BCUT2D eigenvalue weighted by Crippen LogP contribution is -2.36. The molecular formula is C66H92N6O14S4. The average molecular weight is 1320 g/mol. The summed E-state index contributed by atoms with van der Waals surface area (Å²) < 4.78 is 93.4. The summed E-state index contributed by atoms with van der Waals surface area (Å²) in [5, 5.41) is 0. The number of esters is 4. The quantitative estimate of drug-likeness (QED) is 0.0192. The van der Waals surface area contributed by atoms with E-state index in [0.717, 1.165) is 116 Å². The molecule has 2 saturated heterocycles. The SMILES string of the molecule is CCCCCCC(=O)OCCC1CCN(CCCN2c3cccc(S(=O)(=O)N(C)C)c3Sc3ccc(OC)c(OC(=O)C(=O)Oc4c(OC)ccc5c4N(CCCN4CCC(CCOC(=O)CCCCCC)CC4)c4cccc(S(=O)(=O)N(C)C)c4S5)c32)CC1. The zero-order valence-electron chi connectivity index (χ0n) is 53.8. The third-order valence-corrected chi connectivity index (χ3v) is 23.6. The van der Waals surface area contributed by atoms with Gasteiger partial charge in [0.05, 0.1) is 58.4 Å². The van der Waals surface area contributed by atoms with Crippen LogP contribution in [-0.2, 0) is 48.7 Å². The van der Waals surface area contributed by atoms with E-state index < -0.39 is 32.0 Å². The minimum atomic E-state index is -3.93. The van der Waals surface area contributed by atoms with Crippen molar-refractivity contribution in [3.8, 4) is 23.0 Å². The zero-order chi connectivity index (χ0) is 64.5. The number of carbonyl (C=O) groups is 4. The summed E-state index contributed by atoms with van der Waals surface area (Å²) in [7, 11) is 0.927. The first-order chi connectivity index (χ1) is 43.3. The lowest BCUT2D eigenvalue weighted by molar-refractivity contribution is -0.156. The summed E-state index contributed by atoms with van der Waals surface area (Å²) in [5.41, 5.74) is 1.94. The standard InChI is InChI=1S/C66H92N6O14S4/c1-9-11-13-15-25-57(73)83-45-35-47-31-41-69(42-32-47)37-19-39-71-49-21-17-23-55(89(77,78)67(3)4)63(49)87-53-29-27-51(81-7)61(59(53)71)85-65(75)66(76)86-62-52(82-8)28-30-54-60(62)72(50-22-18-24-56(64(50)88-54)90(79,80)68(5)6)40-20-38-70-43-33-48(34-44-70)36-46-84-58(74)26-16-14-12-10-2/h17-18,21-24,27-30,47-48H,9-16,19-20,25-26,31-46H2,1-8H3. The number of carbonyl (C=O) groups excluding carboxylic acids is 4. The first kappa shape index (κ1) is 70.3. The van der Waals surface area contributed by atoms with Gasteiger partial charge in [-0.15, -0.1) is 0 Å². The smallest absolute Gasteiger partial charge is 0.423 e. The van der Waals surface area contributed by atoms with E-state index in [4.69, 9.17) is 28.4 Å². The summed E-state index contributed by atoms with van der Waals surface area (Å²) >= 11 is 2.42. The highest BCUT2D eigenvalue weighted by molar-refractivity contribution is 8.01. The molecule has 2 fully saturated rings. The molecule has 0 radical (unpaired) electrons. The van der Waals surface area contributed by atoms with Crippen molar-refractivity contribution in [2.45, 2.75) is 159 Å². The molecule has 20 nitrogen and oxygen atoms in total. The van der Waals surface area contributed by atoms with Crippen molar-refractivity contribution in [3.05, 3.63) is 60.7 Å². The molecule has 4 aromatic carbocycles. The van der Waals surface area contributed by atoms with Gasteiger partial charge in [-0.3, -0.25) is 9.59 Å². The Hall–Kier alpha value is -5.60. The van der Waals surface area contributed by atoms with Crippen LogP contribution < -0.4 is 28.7 Å². The van der Waals surface area contributed by atoms with Crippen LogP contribution in [0.3, 0.4) is 0 Å². The van der Waals surface area contributed by atoms with E-state index in [1.807, 2.05) is 21.9 Å². The van der Waals surface area contributed by atoms with Gasteiger partial charge in [0.2, 0.25) is 20.0 Å². The van der Waals surface area contributed by atoms with E-state index >= 15 is 0 Å². The van der Waals surface area contributed by atoms with Crippen molar-refractivity contribution in [3.63, 3.8) is 0 Å². The van der Waals surface area contributed by atoms with E-state index in [2.05, 4.69) is 23.6 Å². The van der Waals surface area contributed by atoms with Crippen molar-refractivity contribution in [1.29, 1.82) is 0 Å². The number of rotatable bonds is 32. The van der Waals surface area contributed by atoms with Crippen LogP contribution in [-0.4, -0.2) is 167 Å². The van der Waals surface area contributed by atoms with E-state index in [9.17, 15) is 36.0 Å². The van der Waals surface area contributed by atoms with Gasteiger partial charge in [0.25, 0.3) is 0 Å². The van der Waals surface area contributed by atoms with E-state index in [0.29, 0.717) is 119 Å². The normalized spacial score (nSPS) is 15.7. The molecule has 0 bridgehead atoms. The third-order valence-electron chi connectivity index (χ3n) is 17.3. The number of anilines is 4. The fourth-order valence-electron chi connectivity index (χ4n) is 12.0. The summed E-state index contributed by atoms with van der Waals surface area (Å²) in [6.45, 7) is 10.7. The number of fused-ring (bicyclic) bond motifs is 4. The monoisotopic (exact) mass is 1320 g/mol. The summed E-state index contributed by atoms with van der Waals surface area (Å²) in [6, 6.07) is 17.0. The van der Waals surface area contributed by atoms with Crippen molar-refractivity contribution >= 4 is 90.2 Å². The molecule has 8 rings (SSSR count). The molecule has 4 aliphatic heterocycles. The molecule has 0 unspecified atom stereocenters. The Labute approximate surface area is 542 Å². The number of hydrogen-bond donors (Lipinski definition) is 0. The highest BCUT2D eigenvalue weighted by Crippen LogP contribution is 2.58. The zero-order valence-corrected chi connectivity index (χ0v) is 57.0. The van der Waals surface area contributed by atoms with Gasteiger partial charge in [0.1, 0.15) is 11.4 Å². The number of unbranched alkanes of at least 4 members (excludes halogenated alkanes) is 6. The number of benzene rings is 4. The van der Waals surface area contributed by atoms with Crippen LogP contribution in [0.4, 0.5) is 22.7 Å². The van der Waals surface area contributed by atoms with Crippen molar-refractivity contribution in [1.82, 2.24) is 18.4 Å². The molecular weight excluding hydrogens is 1230 g/mol. The second-order valence-electron chi connectivity index (χ2n) is 23.9. The summed E-state index contributed by atoms with van der Waals surface area (Å²) in [6.07, 6.45) is 15.9. The fraction of sp³-hybridized carbons (Fsp3) is 0.576. The van der Waals surface area contributed by atoms with Crippen LogP contribution in [0.2, 0.25) is 0 Å². The van der Waals surface area contributed by atoms with Crippen LogP contribution in [0.15, 0.2) is 90.0 Å². The van der Waals surface area contributed by atoms with Gasteiger partial charge in [-0.25, -0.2) is 35.0 Å². The second kappa shape index (κ2) is 33.3. The van der Waals surface area contributed by atoms with Gasteiger partial charge in [-0.2, -0.15) is 0 Å². The van der Waals surface area contributed by atoms with E-state index in [-0.39, 0.29) is 44.7 Å². The topological polar surface area (TPSA) is 211 Å². The van der Waals surface area contributed by atoms with Gasteiger partial charge >= 0.3 is 23.9 Å². The lowest BCUT2D eigenvalue weighted by atomic mass is 9.94. The molecule has 0 N–H and O–H groups in total. The highest BCUT2D eigenvalue weighted by atomic mass is 32.2.